The molecular formula is C30H25BrClN3OS. The molecule has 0 unspecified atom stereocenters. The van der Waals surface area contributed by atoms with Crippen molar-refractivity contribution in [2.24, 2.45) is 0 Å². The fraction of sp³-hybridized carbons (Fsp3) is 0.167. The van der Waals surface area contributed by atoms with Gasteiger partial charge in [-0.3, -0.25) is 4.40 Å². The molecule has 4 nitrogen and oxygen atoms in total. The predicted molar refractivity (Wildman–Crippen MR) is 160 cm³/mol. The minimum absolute atomic E-state index is 0.675. The van der Waals surface area contributed by atoms with Crippen molar-refractivity contribution in [2.45, 2.75) is 25.8 Å². The van der Waals surface area contributed by atoms with E-state index in [0.717, 1.165) is 53.0 Å². The molecule has 0 atom stereocenters. The molecule has 3 heterocycles. The van der Waals surface area contributed by atoms with Crippen molar-refractivity contribution in [3.63, 3.8) is 0 Å². The van der Waals surface area contributed by atoms with E-state index in [4.69, 9.17) is 28.6 Å². The molecule has 0 spiro atoms. The van der Waals surface area contributed by atoms with Crippen LogP contribution in [0.4, 0.5) is 5.69 Å². The number of anilines is 1. The molecule has 2 aromatic heterocycles. The monoisotopic (exact) mass is 589 g/mol. The molecule has 3 aromatic carbocycles. The quantitative estimate of drug-likeness (QED) is 0.208. The summed E-state index contributed by atoms with van der Waals surface area (Å²) in [5, 5.41) is 4.17. The van der Waals surface area contributed by atoms with E-state index >= 15 is 0 Å². The first-order valence-corrected chi connectivity index (χ1v) is 13.8. The van der Waals surface area contributed by atoms with Gasteiger partial charge >= 0.3 is 0 Å². The van der Waals surface area contributed by atoms with E-state index in [0.29, 0.717) is 10.0 Å². The highest BCUT2D eigenvalue weighted by Gasteiger charge is 2.28. The average Bonchev–Trinajstić information content (AvgIpc) is 3.33. The van der Waals surface area contributed by atoms with Gasteiger partial charge in [0, 0.05) is 39.1 Å². The molecule has 0 bridgehead atoms. The van der Waals surface area contributed by atoms with Crippen LogP contribution in [0.2, 0.25) is 5.02 Å². The van der Waals surface area contributed by atoms with E-state index < -0.39 is 0 Å². The largest absolute Gasteiger partial charge is 0.497 e. The maximum Gasteiger partial charge on any atom is 0.128 e. The van der Waals surface area contributed by atoms with E-state index in [9.17, 15) is 0 Å². The molecule has 6 rings (SSSR count). The summed E-state index contributed by atoms with van der Waals surface area (Å²) in [5.74, 6) is 0.837. The van der Waals surface area contributed by atoms with Crippen molar-refractivity contribution in [2.75, 3.05) is 12.4 Å². The van der Waals surface area contributed by atoms with Crippen LogP contribution in [0.5, 0.6) is 5.75 Å². The van der Waals surface area contributed by atoms with E-state index in [-0.39, 0.29) is 0 Å². The van der Waals surface area contributed by atoms with E-state index in [2.05, 4.69) is 72.8 Å². The Morgan fingerprint density at radius 3 is 2.35 bits per heavy atom. The van der Waals surface area contributed by atoms with Crippen molar-refractivity contribution < 1.29 is 4.74 Å². The first kappa shape index (κ1) is 24.3. The number of aryl methyl sites for hydroxylation is 2. The van der Waals surface area contributed by atoms with Crippen LogP contribution in [0, 0.1) is 0 Å². The number of imidazole rings is 1. The number of aromatic nitrogens is 2. The standard InChI is InChI=1S/C30H25BrClN3OS/c1-36-24-15-7-20(8-16-24)27-25-4-2-3-17-34-26(19-5-9-21(31)10-6-19)18-35(30(25)34)28(27)29(37)33-23-13-11-22(32)12-14-23/h5-16,18H,2-4,17H2,1H3,(H,33,37). The number of methoxy groups -OCH3 is 1. The fourth-order valence-electron chi connectivity index (χ4n) is 5.25. The van der Waals surface area contributed by atoms with Crippen LogP contribution in [0.3, 0.4) is 0 Å². The number of nitrogens with zero attached hydrogens (tertiary/aromatic N) is 2. The lowest BCUT2D eigenvalue weighted by Gasteiger charge is -2.13. The lowest BCUT2D eigenvalue weighted by Crippen LogP contribution is -2.14. The van der Waals surface area contributed by atoms with Crippen molar-refractivity contribution in [1.29, 1.82) is 0 Å². The van der Waals surface area contributed by atoms with Gasteiger partial charge in [-0.1, -0.05) is 64.0 Å². The van der Waals surface area contributed by atoms with Crippen LogP contribution in [-0.4, -0.2) is 21.1 Å². The summed E-state index contributed by atoms with van der Waals surface area (Å²) in [4.78, 5) is 0.675. The Kier molecular flexibility index (Phi) is 6.57. The second kappa shape index (κ2) is 10.0. The minimum Gasteiger partial charge on any atom is -0.497 e. The van der Waals surface area contributed by atoms with Crippen molar-refractivity contribution in [3.8, 4) is 28.1 Å². The number of rotatable bonds is 5. The lowest BCUT2D eigenvalue weighted by atomic mass is 9.98. The second-order valence-electron chi connectivity index (χ2n) is 9.22. The Hall–Kier alpha value is -3.06. The third kappa shape index (κ3) is 4.48. The highest BCUT2D eigenvalue weighted by atomic mass is 79.9. The number of nitrogens with one attached hydrogen (secondary N) is 1. The molecule has 1 aliphatic rings. The smallest absolute Gasteiger partial charge is 0.128 e. The zero-order valence-electron chi connectivity index (χ0n) is 20.3. The number of benzene rings is 3. The van der Waals surface area contributed by atoms with E-state index in [1.54, 1.807) is 7.11 Å². The van der Waals surface area contributed by atoms with Gasteiger partial charge in [-0.2, -0.15) is 0 Å². The lowest BCUT2D eigenvalue weighted by molar-refractivity contribution is 0.415. The molecule has 186 valence electrons. The van der Waals surface area contributed by atoms with Gasteiger partial charge in [0.1, 0.15) is 16.4 Å². The molecule has 0 radical (unpaired) electrons. The number of ether oxygens (including phenoxy) is 1. The van der Waals surface area contributed by atoms with Crippen LogP contribution in [0.1, 0.15) is 24.1 Å². The van der Waals surface area contributed by atoms with Gasteiger partial charge in [-0.25, -0.2) is 0 Å². The van der Waals surface area contributed by atoms with Gasteiger partial charge in [-0.05, 0) is 78.9 Å². The number of halogens is 2. The average molecular weight is 591 g/mol. The second-order valence-corrected chi connectivity index (χ2v) is 11.0. The van der Waals surface area contributed by atoms with Gasteiger partial charge in [0.15, 0.2) is 0 Å². The molecule has 7 heteroatoms. The Morgan fingerprint density at radius 1 is 0.946 bits per heavy atom. The van der Waals surface area contributed by atoms with Gasteiger partial charge in [-0.15, -0.1) is 0 Å². The van der Waals surface area contributed by atoms with Gasteiger partial charge in [0.2, 0.25) is 0 Å². The summed E-state index contributed by atoms with van der Waals surface area (Å²) >= 11 is 15.8. The number of hydrogen-bond acceptors (Lipinski definition) is 2. The van der Waals surface area contributed by atoms with Crippen LogP contribution in [0.15, 0.2) is 83.5 Å². The van der Waals surface area contributed by atoms with Crippen molar-refractivity contribution in [1.82, 2.24) is 8.97 Å². The first-order valence-electron chi connectivity index (χ1n) is 12.3. The van der Waals surface area contributed by atoms with Crippen molar-refractivity contribution in [3.05, 3.63) is 99.7 Å². The molecular weight excluding hydrogens is 566 g/mol. The van der Waals surface area contributed by atoms with Crippen LogP contribution < -0.4 is 10.1 Å². The topological polar surface area (TPSA) is 30.6 Å². The summed E-state index contributed by atoms with van der Waals surface area (Å²) in [7, 11) is 1.69. The van der Waals surface area contributed by atoms with Crippen LogP contribution in [-0.2, 0) is 13.0 Å². The van der Waals surface area contributed by atoms with Gasteiger partial charge in [0.25, 0.3) is 0 Å². The fourth-order valence-corrected chi connectivity index (χ4v) is 5.96. The summed E-state index contributed by atoms with van der Waals surface area (Å²) in [6.07, 6.45) is 5.50. The number of hydrogen-bond donors (Lipinski definition) is 1. The zero-order valence-corrected chi connectivity index (χ0v) is 23.5. The number of thiocarbonyl (C=S) groups is 1. The molecule has 0 saturated carbocycles. The third-order valence-electron chi connectivity index (χ3n) is 6.97. The molecule has 0 fully saturated rings. The highest BCUT2D eigenvalue weighted by molar-refractivity contribution is 9.10. The van der Waals surface area contributed by atoms with Crippen molar-refractivity contribution >= 4 is 56.1 Å². The summed E-state index contributed by atoms with van der Waals surface area (Å²) in [5.41, 5.74) is 9.16. The van der Waals surface area contributed by atoms with Crippen LogP contribution >= 0.6 is 39.7 Å². The van der Waals surface area contributed by atoms with Gasteiger partial charge < -0.3 is 14.6 Å². The summed E-state index contributed by atoms with van der Waals surface area (Å²) < 4.78 is 11.3. The Balaban J connectivity index is 1.59. The highest BCUT2D eigenvalue weighted by Crippen LogP contribution is 2.40. The summed E-state index contributed by atoms with van der Waals surface area (Å²) in [6, 6.07) is 24.5. The minimum atomic E-state index is 0.675. The SMILES string of the molecule is COc1ccc(-c2c3c4n(c(-c5ccc(Br)cc5)cn4c2C(=S)Nc2ccc(Cl)cc2)CCCC3)cc1. The van der Waals surface area contributed by atoms with Gasteiger partial charge in [0.05, 0.1) is 18.5 Å². The maximum atomic E-state index is 6.13. The molecule has 37 heavy (non-hydrogen) atoms. The van der Waals surface area contributed by atoms with Crippen LogP contribution in [0.25, 0.3) is 28.0 Å². The molecule has 1 N–H and O–H groups in total. The normalized spacial score (nSPS) is 12.9. The Labute approximate surface area is 235 Å². The molecule has 1 aliphatic heterocycles. The molecule has 0 amide bonds. The molecule has 0 aliphatic carbocycles. The maximum absolute atomic E-state index is 6.13. The molecule has 0 saturated heterocycles. The predicted octanol–water partition coefficient (Wildman–Crippen LogP) is 8.62. The van der Waals surface area contributed by atoms with E-state index in [1.807, 2.05) is 36.4 Å². The summed E-state index contributed by atoms with van der Waals surface area (Å²) in [6.45, 7) is 0.970. The Morgan fingerprint density at radius 2 is 1.65 bits per heavy atom. The Bertz CT molecular complexity index is 1600. The first-order chi connectivity index (χ1) is 18.0. The zero-order chi connectivity index (χ0) is 25.5. The molecule has 5 aromatic rings. The third-order valence-corrected chi connectivity index (χ3v) is 8.05. The van der Waals surface area contributed by atoms with E-state index in [1.165, 1.54) is 28.0 Å².